The molecule has 0 saturated heterocycles. The highest BCUT2D eigenvalue weighted by atomic mass is 19.4. The fourth-order valence-corrected chi connectivity index (χ4v) is 5.20. The fraction of sp³-hybridized carbons (Fsp3) is 0.243. The maximum absolute atomic E-state index is 14.1. The molecule has 2 amide bonds. The molecule has 0 saturated carbocycles. The van der Waals surface area contributed by atoms with E-state index in [-0.39, 0.29) is 29.3 Å². The highest BCUT2D eigenvalue weighted by Gasteiger charge is 2.37. The van der Waals surface area contributed by atoms with Crippen molar-refractivity contribution in [2.24, 2.45) is 0 Å². The van der Waals surface area contributed by atoms with Crippen LogP contribution in [0.2, 0.25) is 0 Å². The number of nitrogens with one attached hydrogen (secondary N) is 1. The molecular weight excluding hydrogens is 649 g/mol. The molecular formula is C37H35F3N6O4. The van der Waals surface area contributed by atoms with Gasteiger partial charge in [0.25, 0.3) is 11.8 Å². The van der Waals surface area contributed by atoms with Gasteiger partial charge in [-0.3, -0.25) is 14.4 Å². The van der Waals surface area contributed by atoms with Gasteiger partial charge in [-0.2, -0.15) is 18.0 Å². The number of nitrogens with zero attached hydrogens (tertiary/aromatic N) is 5. The van der Waals surface area contributed by atoms with Crippen molar-refractivity contribution in [3.05, 3.63) is 113 Å². The fourth-order valence-electron chi connectivity index (χ4n) is 5.20. The molecule has 10 nitrogen and oxygen atoms in total. The molecule has 0 aliphatic rings. The second-order valence-electron chi connectivity index (χ2n) is 12.0. The molecule has 5 rings (SSSR count). The van der Waals surface area contributed by atoms with Gasteiger partial charge in [-0.05, 0) is 91.1 Å². The molecule has 50 heavy (non-hydrogen) atoms. The first-order valence-corrected chi connectivity index (χ1v) is 15.8. The molecule has 0 fully saturated rings. The van der Waals surface area contributed by atoms with Crippen LogP contribution in [0.5, 0.6) is 5.75 Å². The summed E-state index contributed by atoms with van der Waals surface area (Å²) in [7, 11) is 3.06. The second kappa shape index (κ2) is 15.1. The number of esters is 1. The van der Waals surface area contributed by atoms with E-state index in [2.05, 4.69) is 20.7 Å². The minimum atomic E-state index is -4.80. The summed E-state index contributed by atoms with van der Waals surface area (Å²) in [5, 5.41) is 14.9. The van der Waals surface area contributed by atoms with Crippen molar-refractivity contribution >= 4 is 23.5 Å². The smallest absolute Gasteiger partial charge is 0.417 e. The number of halogens is 3. The number of aryl methyl sites for hydroxylation is 1. The van der Waals surface area contributed by atoms with Crippen molar-refractivity contribution < 1.29 is 32.3 Å². The largest absolute Gasteiger partial charge is 0.427 e. The lowest BCUT2D eigenvalue weighted by molar-refractivity contribution is -0.138. The molecule has 1 N–H and O–H groups in total. The van der Waals surface area contributed by atoms with Gasteiger partial charge in [0.15, 0.2) is 0 Å². The lowest BCUT2D eigenvalue weighted by atomic mass is 9.94. The van der Waals surface area contributed by atoms with Crippen LogP contribution in [0.1, 0.15) is 64.6 Å². The second-order valence-corrected chi connectivity index (χ2v) is 12.0. The average Bonchev–Trinajstić information content (AvgIpc) is 3.59. The van der Waals surface area contributed by atoms with Crippen molar-refractivity contribution in [1.82, 2.24) is 25.1 Å². The summed E-state index contributed by atoms with van der Waals surface area (Å²) in [6, 6.07) is 23.4. The summed E-state index contributed by atoms with van der Waals surface area (Å²) in [5.74, 6) is -1.10. The van der Waals surface area contributed by atoms with Gasteiger partial charge in [0.05, 0.1) is 28.4 Å². The van der Waals surface area contributed by atoms with Crippen LogP contribution < -0.4 is 10.1 Å². The van der Waals surface area contributed by atoms with Gasteiger partial charge < -0.3 is 15.0 Å². The van der Waals surface area contributed by atoms with Crippen molar-refractivity contribution in [1.29, 1.82) is 0 Å². The standard InChI is InChI=1S/C37H35F3N6O4/c1-23(2)46-43-34(42-44-46)26-17-19-27(20-18-26)50-32(47)15-8-10-24-16-21-31(29(22-24)36(49)45(3)4)41-35(48)33-28(25-11-6-5-7-12-25)13-9-14-30(33)37(38,39)40/h5-7,9,11-14,16-23H,8,10,15H2,1-4H3,(H,41,48). The van der Waals surface area contributed by atoms with E-state index in [1.54, 1.807) is 66.7 Å². The molecule has 5 aromatic rings. The Hall–Kier alpha value is -5.85. The molecule has 4 aromatic carbocycles. The van der Waals surface area contributed by atoms with Crippen molar-refractivity contribution in [3.63, 3.8) is 0 Å². The van der Waals surface area contributed by atoms with Crippen LogP contribution in [0, 0.1) is 0 Å². The third kappa shape index (κ3) is 8.41. The van der Waals surface area contributed by atoms with E-state index < -0.39 is 35.1 Å². The van der Waals surface area contributed by atoms with Gasteiger partial charge in [-0.25, -0.2) is 0 Å². The number of tetrazole rings is 1. The SMILES string of the molecule is CC(C)n1nnc(-c2ccc(OC(=O)CCCc3ccc(NC(=O)c4c(-c5ccccc5)cccc4C(F)(F)F)c(C(=O)N(C)C)c3)cc2)n1. The Kier molecular flexibility index (Phi) is 10.7. The highest BCUT2D eigenvalue weighted by molar-refractivity contribution is 6.12. The summed E-state index contributed by atoms with van der Waals surface area (Å²) < 4.78 is 47.9. The minimum absolute atomic E-state index is 0.0539. The number of carbonyl (C=O) groups is 3. The summed E-state index contributed by atoms with van der Waals surface area (Å²) in [4.78, 5) is 42.2. The van der Waals surface area contributed by atoms with Gasteiger partial charge in [0, 0.05) is 26.1 Å². The minimum Gasteiger partial charge on any atom is -0.427 e. The maximum Gasteiger partial charge on any atom is 0.417 e. The summed E-state index contributed by atoms with van der Waals surface area (Å²) in [6.45, 7) is 3.88. The molecule has 0 atom stereocenters. The number of rotatable bonds is 11. The number of amides is 2. The van der Waals surface area contributed by atoms with E-state index in [1.807, 2.05) is 13.8 Å². The van der Waals surface area contributed by atoms with Crippen molar-refractivity contribution in [2.45, 2.75) is 45.3 Å². The normalized spacial score (nSPS) is 11.4. The Morgan fingerprint density at radius 2 is 1.62 bits per heavy atom. The zero-order valence-electron chi connectivity index (χ0n) is 27.9. The van der Waals surface area contributed by atoms with Gasteiger partial charge in [0.2, 0.25) is 5.82 Å². The van der Waals surface area contributed by atoms with Crippen molar-refractivity contribution in [3.8, 4) is 28.3 Å². The average molecular weight is 685 g/mol. The molecule has 0 aliphatic heterocycles. The van der Waals surface area contributed by atoms with Gasteiger partial charge in [0.1, 0.15) is 5.75 Å². The Balaban J connectivity index is 1.28. The zero-order valence-corrected chi connectivity index (χ0v) is 27.9. The first kappa shape index (κ1) is 35.5. The third-order valence-corrected chi connectivity index (χ3v) is 7.73. The summed E-state index contributed by atoms with van der Waals surface area (Å²) >= 11 is 0. The first-order valence-electron chi connectivity index (χ1n) is 15.8. The number of ether oxygens (including phenoxy) is 1. The lowest BCUT2D eigenvalue weighted by Crippen LogP contribution is -2.25. The molecule has 0 radical (unpaired) electrons. The molecule has 258 valence electrons. The molecule has 1 aromatic heterocycles. The Morgan fingerprint density at radius 3 is 2.26 bits per heavy atom. The van der Waals surface area contributed by atoms with Crippen LogP contribution in [0.15, 0.2) is 91.0 Å². The number of alkyl halides is 3. The van der Waals surface area contributed by atoms with Crippen LogP contribution in [-0.2, 0) is 17.4 Å². The molecule has 1 heterocycles. The number of hydrogen-bond donors (Lipinski definition) is 1. The Morgan fingerprint density at radius 1 is 0.900 bits per heavy atom. The van der Waals surface area contributed by atoms with E-state index in [1.165, 1.54) is 42.0 Å². The van der Waals surface area contributed by atoms with E-state index in [0.717, 1.165) is 11.6 Å². The first-order chi connectivity index (χ1) is 23.8. The molecule has 0 bridgehead atoms. The number of aromatic nitrogens is 4. The monoisotopic (exact) mass is 684 g/mol. The van der Waals surface area contributed by atoms with Crippen LogP contribution in [0.25, 0.3) is 22.5 Å². The number of anilines is 1. The van der Waals surface area contributed by atoms with E-state index in [4.69, 9.17) is 4.74 Å². The van der Waals surface area contributed by atoms with E-state index in [9.17, 15) is 27.6 Å². The summed E-state index contributed by atoms with van der Waals surface area (Å²) in [5.41, 5.74) is 0.449. The van der Waals surface area contributed by atoms with E-state index in [0.29, 0.717) is 35.5 Å². The molecule has 0 aliphatic carbocycles. The van der Waals surface area contributed by atoms with Gasteiger partial charge >= 0.3 is 12.1 Å². The Labute approximate surface area is 286 Å². The topological polar surface area (TPSA) is 119 Å². The number of benzene rings is 4. The quantitative estimate of drug-likeness (QED) is 0.113. The number of carbonyl (C=O) groups excluding carboxylic acids is 3. The third-order valence-electron chi connectivity index (χ3n) is 7.73. The number of hydrogen-bond acceptors (Lipinski definition) is 7. The van der Waals surface area contributed by atoms with Crippen LogP contribution in [0.3, 0.4) is 0 Å². The van der Waals surface area contributed by atoms with E-state index >= 15 is 0 Å². The molecule has 13 heteroatoms. The predicted octanol–water partition coefficient (Wildman–Crippen LogP) is 7.49. The van der Waals surface area contributed by atoms with Gasteiger partial charge in [-0.15, -0.1) is 10.2 Å². The molecule has 0 spiro atoms. The lowest BCUT2D eigenvalue weighted by Gasteiger charge is -2.19. The zero-order chi connectivity index (χ0) is 36.0. The van der Waals surface area contributed by atoms with Crippen LogP contribution in [-0.4, -0.2) is 57.0 Å². The van der Waals surface area contributed by atoms with Crippen LogP contribution in [0.4, 0.5) is 18.9 Å². The highest BCUT2D eigenvalue weighted by Crippen LogP contribution is 2.37. The predicted molar refractivity (Wildman–Crippen MR) is 182 cm³/mol. The van der Waals surface area contributed by atoms with Crippen molar-refractivity contribution in [2.75, 3.05) is 19.4 Å². The Bertz CT molecular complexity index is 1990. The van der Waals surface area contributed by atoms with Crippen LogP contribution >= 0.6 is 0 Å². The van der Waals surface area contributed by atoms with Gasteiger partial charge in [-0.1, -0.05) is 48.5 Å². The summed E-state index contributed by atoms with van der Waals surface area (Å²) in [6.07, 6.45) is -3.94. The maximum atomic E-state index is 14.1. The molecule has 0 unspecified atom stereocenters.